The summed E-state index contributed by atoms with van der Waals surface area (Å²) in [6, 6.07) is 7.12. The molecule has 0 amide bonds. The lowest BCUT2D eigenvalue weighted by molar-refractivity contribution is 0.415. The van der Waals surface area contributed by atoms with Crippen LogP contribution in [0.3, 0.4) is 0 Å². The molecule has 1 aromatic rings. The fraction of sp³-hybridized carbons (Fsp3) is 0.571. The first kappa shape index (κ1) is 10.9. The molecule has 3 heteroatoms. The number of ether oxygens (including phenoxy) is 1. The average Bonchev–Trinajstić information content (AvgIpc) is 2.99. The zero-order valence-electron chi connectivity index (χ0n) is 10.4. The van der Waals surface area contributed by atoms with E-state index in [0.717, 1.165) is 18.8 Å². The Bertz CT molecular complexity index is 405. The minimum Gasteiger partial charge on any atom is -0.497 e. The second kappa shape index (κ2) is 4.57. The SMILES string of the molecule is COc1ccc2c(c1)N(C[C@@H]1CCCN1)CC2.[HH]. The topological polar surface area (TPSA) is 24.5 Å². The Hall–Kier alpha value is -1.22. The zero-order valence-corrected chi connectivity index (χ0v) is 10.4. The van der Waals surface area contributed by atoms with E-state index in [1.807, 2.05) is 0 Å². The lowest BCUT2D eigenvalue weighted by atomic mass is 10.1. The van der Waals surface area contributed by atoms with E-state index < -0.39 is 0 Å². The van der Waals surface area contributed by atoms with Crippen LogP contribution in [0.4, 0.5) is 5.69 Å². The van der Waals surface area contributed by atoms with E-state index >= 15 is 0 Å². The maximum absolute atomic E-state index is 5.32. The molecule has 2 aliphatic heterocycles. The molecule has 1 atom stereocenters. The molecule has 1 N–H and O–H groups in total. The van der Waals surface area contributed by atoms with E-state index in [0.29, 0.717) is 6.04 Å². The van der Waals surface area contributed by atoms with Crippen molar-refractivity contribution in [2.24, 2.45) is 0 Å². The molecule has 3 rings (SSSR count). The van der Waals surface area contributed by atoms with Gasteiger partial charge in [-0.15, -0.1) is 0 Å². The van der Waals surface area contributed by atoms with E-state index in [1.54, 1.807) is 7.11 Å². The van der Waals surface area contributed by atoms with Gasteiger partial charge < -0.3 is 15.0 Å². The standard InChI is InChI=1S/C14H20N2O.H2/c1-17-13-5-4-11-6-8-16(14(11)9-13)10-12-3-2-7-15-12;/h4-5,9,12,15H,2-3,6-8,10H2,1H3;1H/t12-;/m0./s1. The minimum atomic E-state index is 0. The normalized spacial score (nSPS) is 22.9. The fourth-order valence-electron chi connectivity index (χ4n) is 2.92. The van der Waals surface area contributed by atoms with Crippen LogP contribution in [0.15, 0.2) is 18.2 Å². The second-order valence-electron chi connectivity index (χ2n) is 4.98. The Balaban J connectivity index is 0.00000120. The van der Waals surface area contributed by atoms with Crippen molar-refractivity contribution in [3.05, 3.63) is 23.8 Å². The van der Waals surface area contributed by atoms with Crippen LogP contribution in [0.25, 0.3) is 0 Å². The van der Waals surface area contributed by atoms with Gasteiger partial charge in [0.25, 0.3) is 0 Å². The highest BCUT2D eigenvalue weighted by molar-refractivity contribution is 5.61. The number of nitrogens with one attached hydrogen (secondary N) is 1. The second-order valence-corrected chi connectivity index (χ2v) is 4.98. The quantitative estimate of drug-likeness (QED) is 0.866. The van der Waals surface area contributed by atoms with Gasteiger partial charge in [-0.1, -0.05) is 6.07 Å². The molecule has 2 heterocycles. The summed E-state index contributed by atoms with van der Waals surface area (Å²) in [6.07, 6.45) is 3.81. The van der Waals surface area contributed by atoms with Crippen molar-refractivity contribution in [3.63, 3.8) is 0 Å². The van der Waals surface area contributed by atoms with E-state index in [4.69, 9.17) is 4.74 Å². The first-order chi connectivity index (χ1) is 8.36. The maximum Gasteiger partial charge on any atom is 0.120 e. The molecular weight excluding hydrogens is 212 g/mol. The van der Waals surface area contributed by atoms with Crippen molar-refractivity contribution in [2.45, 2.75) is 25.3 Å². The fourth-order valence-corrected chi connectivity index (χ4v) is 2.92. The number of nitrogens with zero attached hydrogens (tertiary/aromatic N) is 1. The van der Waals surface area contributed by atoms with Crippen molar-refractivity contribution < 1.29 is 6.16 Å². The van der Waals surface area contributed by atoms with Crippen LogP contribution >= 0.6 is 0 Å². The molecule has 0 spiro atoms. The molecule has 94 valence electrons. The van der Waals surface area contributed by atoms with Gasteiger partial charge in [-0.25, -0.2) is 0 Å². The van der Waals surface area contributed by atoms with Crippen LogP contribution < -0.4 is 15.0 Å². The lowest BCUT2D eigenvalue weighted by Crippen LogP contribution is -2.36. The van der Waals surface area contributed by atoms with Gasteiger partial charge in [0.1, 0.15) is 5.75 Å². The predicted molar refractivity (Wildman–Crippen MR) is 72.0 cm³/mol. The molecule has 1 aromatic carbocycles. The van der Waals surface area contributed by atoms with E-state index in [-0.39, 0.29) is 1.43 Å². The van der Waals surface area contributed by atoms with Crippen LogP contribution in [0, 0.1) is 0 Å². The summed E-state index contributed by atoms with van der Waals surface area (Å²) in [5, 5.41) is 3.57. The van der Waals surface area contributed by atoms with E-state index in [1.165, 1.54) is 37.1 Å². The minimum absolute atomic E-state index is 0. The molecular formula is C14H22N2O. The highest BCUT2D eigenvalue weighted by Crippen LogP contribution is 2.32. The Labute approximate surface area is 104 Å². The third kappa shape index (κ3) is 2.12. The molecule has 0 bridgehead atoms. The summed E-state index contributed by atoms with van der Waals surface area (Å²) in [4.78, 5) is 2.50. The Morgan fingerprint density at radius 1 is 1.53 bits per heavy atom. The number of fused-ring (bicyclic) bond motifs is 1. The van der Waals surface area contributed by atoms with Crippen LogP contribution in [0.5, 0.6) is 5.75 Å². The third-order valence-electron chi connectivity index (χ3n) is 3.89. The number of hydrogen-bond donors (Lipinski definition) is 1. The Morgan fingerprint density at radius 2 is 2.47 bits per heavy atom. The number of anilines is 1. The molecule has 2 aliphatic rings. The first-order valence-electron chi connectivity index (χ1n) is 6.52. The highest BCUT2D eigenvalue weighted by atomic mass is 16.5. The Morgan fingerprint density at radius 3 is 3.24 bits per heavy atom. The van der Waals surface area contributed by atoms with Gasteiger partial charge >= 0.3 is 0 Å². The van der Waals surface area contributed by atoms with Crippen molar-refractivity contribution in [1.29, 1.82) is 0 Å². The van der Waals surface area contributed by atoms with Crippen molar-refractivity contribution in [2.75, 3.05) is 31.6 Å². The zero-order chi connectivity index (χ0) is 11.7. The van der Waals surface area contributed by atoms with Crippen LogP contribution in [0.2, 0.25) is 0 Å². The van der Waals surface area contributed by atoms with Crippen LogP contribution in [0.1, 0.15) is 19.8 Å². The van der Waals surface area contributed by atoms with Crippen molar-refractivity contribution >= 4 is 5.69 Å². The molecule has 0 aromatic heterocycles. The van der Waals surface area contributed by atoms with Gasteiger partial charge in [-0.05, 0) is 37.4 Å². The first-order valence-corrected chi connectivity index (χ1v) is 6.52. The summed E-state index contributed by atoms with van der Waals surface area (Å²) in [6.45, 7) is 3.48. The summed E-state index contributed by atoms with van der Waals surface area (Å²) in [7, 11) is 1.74. The molecule has 0 saturated carbocycles. The van der Waals surface area contributed by atoms with Gasteiger partial charge in [-0.2, -0.15) is 0 Å². The molecule has 1 saturated heterocycles. The van der Waals surface area contributed by atoms with Gasteiger partial charge in [0.05, 0.1) is 7.11 Å². The van der Waals surface area contributed by atoms with Crippen LogP contribution in [-0.4, -0.2) is 32.8 Å². The smallest absolute Gasteiger partial charge is 0.120 e. The third-order valence-corrected chi connectivity index (χ3v) is 3.89. The monoisotopic (exact) mass is 234 g/mol. The average molecular weight is 234 g/mol. The van der Waals surface area contributed by atoms with E-state index in [2.05, 4.69) is 28.4 Å². The number of benzene rings is 1. The van der Waals surface area contributed by atoms with Crippen molar-refractivity contribution in [1.82, 2.24) is 5.32 Å². The van der Waals surface area contributed by atoms with Gasteiger partial charge in [0.15, 0.2) is 0 Å². The molecule has 0 aliphatic carbocycles. The highest BCUT2D eigenvalue weighted by Gasteiger charge is 2.23. The van der Waals surface area contributed by atoms with Crippen LogP contribution in [-0.2, 0) is 6.42 Å². The number of methoxy groups -OCH3 is 1. The van der Waals surface area contributed by atoms with Gasteiger partial charge in [0.2, 0.25) is 0 Å². The van der Waals surface area contributed by atoms with Gasteiger partial charge in [0, 0.05) is 32.3 Å². The summed E-state index contributed by atoms with van der Waals surface area (Å²) in [5.41, 5.74) is 2.84. The molecule has 17 heavy (non-hydrogen) atoms. The number of hydrogen-bond acceptors (Lipinski definition) is 3. The molecule has 3 nitrogen and oxygen atoms in total. The van der Waals surface area contributed by atoms with Crippen molar-refractivity contribution in [3.8, 4) is 5.75 Å². The summed E-state index contributed by atoms with van der Waals surface area (Å²) < 4.78 is 5.32. The molecule has 0 radical (unpaired) electrons. The van der Waals surface area contributed by atoms with Gasteiger partial charge in [-0.3, -0.25) is 0 Å². The largest absolute Gasteiger partial charge is 0.497 e. The van der Waals surface area contributed by atoms with E-state index in [9.17, 15) is 0 Å². The molecule has 1 fully saturated rings. The predicted octanol–water partition coefficient (Wildman–Crippen LogP) is 2.06. The lowest BCUT2D eigenvalue weighted by Gasteiger charge is -2.23. The number of rotatable bonds is 3. The summed E-state index contributed by atoms with van der Waals surface area (Å²) >= 11 is 0. The Kier molecular flexibility index (Phi) is 2.93. The molecule has 0 unspecified atom stereocenters. The summed E-state index contributed by atoms with van der Waals surface area (Å²) in [5.74, 6) is 0.968. The maximum atomic E-state index is 5.32.